The molecule has 0 aliphatic carbocycles. The summed E-state index contributed by atoms with van der Waals surface area (Å²) in [5.74, 6) is 0. The highest BCUT2D eigenvalue weighted by Crippen LogP contribution is 2.13. The fourth-order valence-corrected chi connectivity index (χ4v) is 1.51. The third-order valence-electron chi connectivity index (χ3n) is 2.32. The minimum Gasteiger partial charge on any atom is -0.275 e. The van der Waals surface area contributed by atoms with Gasteiger partial charge in [0, 0.05) is 5.69 Å². The average molecular weight is 205 g/mol. The summed E-state index contributed by atoms with van der Waals surface area (Å²) in [4.78, 5) is 0. The van der Waals surface area contributed by atoms with Gasteiger partial charge in [-0.25, -0.2) is 0 Å². The Kier molecular flexibility index (Phi) is 2.21. The van der Waals surface area contributed by atoms with E-state index < -0.39 is 0 Å². The van der Waals surface area contributed by atoms with Crippen LogP contribution in [0.4, 0.5) is 0 Å². The molecule has 72 valence electrons. The molecular formula is C10H11N3S. The lowest BCUT2D eigenvalue weighted by Crippen LogP contribution is -1.93. The highest BCUT2D eigenvalue weighted by atomic mass is 32.1. The van der Waals surface area contributed by atoms with E-state index >= 15 is 0 Å². The first-order valence-electron chi connectivity index (χ1n) is 4.38. The van der Waals surface area contributed by atoms with Gasteiger partial charge < -0.3 is 0 Å². The topological polar surface area (TPSA) is 33.6 Å². The molecule has 0 aliphatic rings. The van der Waals surface area contributed by atoms with Crippen molar-refractivity contribution in [2.24, 2.45) is 0 Å². The molecule has 0 spiro atoms. The summed E-state index contributed by atoms with van der Waals surface area (Å²) >= 11 is 5.09. The lowest BCUT2D eigenvalue weighted by atomic mass is 10.1. The normalized spacial score (nSPS) is 10.4. The molecule has 0 fully saturated rings. The molecule has 0 aliphatic heterocycles. The monoisotopic (exact) mass is 205 g/mol. The molecule has 0 bridgehead atoms. The zero-order valence-corrected chi connectivity index (χ0v) is 8.93. The average Bonchev–Trinajstić information content (AvgIpc) is 2.57. The molecule has 2 aromatic rings. The fourth-order valence-electron chi connectivity index (χ4n) is 1.31. The molecule has 1 aromatic heterocycles. The van der Waals surface area contributed by atoms with Crippen molar-refractivity contribution in [3.8, 4) is 5.69 Å². The van der Waals surface area contributed by atoms with Gasteiger partial charge in [-0.2, -0.15) is 5.10 Å². The van der Waals surface area contributed by atoms with Gasteiger partial charge in [-0.05, 0) is 49.3 Å². The van der Waals surface area contributed by atoms with E-state index in [9.17, 15) is 0 Å². The van der Waals surface area contributed by atoms with E-state index in [-0.39, 0.29) is 0 Å². The number of nitrogens with zero attached hydrogens (tertiary/aromatic N) is 2. The maximum Gasteiger partial charge on any atom is 0.199 e. The van der Waals surface area contributed by atoms with Gasteiger partial charge in [0.25, 0.3) is 0 Å². The standard InChI is InChI=1S/C10H11N3S/c1-7-3-4-9(5-8(7)2)13-6-11-12-10(13)14/h3-6H,1-2H3,(H,12,14). The molecule has 2 rings (SSSR count). The van der Waals surface area contributed by atoms with Crippen LogP contribution >= 0.6 is 12.2 Å². The number of hydrogen-bond donors (Lipinski definition) is 1. The first-order valence-corrected chi connectivity index (χ1v) is 4.79. The predicted octanol–water partition coefficient (Wildman–Crippen LogP) is 2.55. The van der Waals surface area contributed by atoms with Crippen LogP contribution < -0.4 is 0 Å². The summed E-state index contributed by atoms with van der Waals surface area (Å²) in [6.07, 6.45) is 1.69. The summed E-state index contributed by atoms with van der Waals surface area (Å²) in [6, 6.07) is 6.22. The quantitative estimate of drug-likeness (QED) is 0.726. The summed E-state index contributed by atoms with van der Waals surface area (Å²) in [6.45, 7) is 4.18. The van der Waals surface area contributed by atoms with Crippen molar-refractivity contribution < 1.29 is 0 Å². The molecule has 0 radical (unpaired) electrons. The van der Waals surface area contributed by atoms with Crippen LogP contribution in [0.1, 0.15) is 11.1 Å². The number of H-pyrrole nitrogens is 1. The highest BCUT2D eigenvalue weighted by Gasteiger charge is 1.99. The van der Waals surface area contributed by atoms with Crippen LogP contribution in [-0.2, 0) is 0 Å². The predicted molar refractivity (Wildman–Crippen MR) is 58.2 cm³/mol. The second kappa shape index (κ2) is 3.38. The Morgan fingerprint density at radius 3 is 2.64 bits per heavy atom. The number of benzene rings is 1. The molecule has 0 saturated heterocycles. The fraction of sp³-hybridized carbons (Fsp3) is 0.200. The second-order valence-corrected chi connectivity index (χ2v) is 3.69. The van der Waals surface area contributed by atoms with Crippen molar-refractivity contribution in [2.75, 3.05) is 0 Å². The minimum absolute atomic E-state index is 0.619. The molecule has 0 saturated carbocycles. The molecular weight excluding hydrogens is 194 g/mol. The Morgan fingerprint density at radius 1 is 1.29 bits per heavy atom. The van der Waals surface area contributed by atoms with Crippen LogP contribution in [0.3, 0.4) is 0 Å². The zero-order valence-electron chi connectivity index (χ0n) is 8.11. The lowest BCUT2D eigenvalue weighted by molar-refractivity contribution is 1.03. The molecule has 1 aromatic carbocycles. The highest BCUT2D eigenvalue weighted by molar-refractivity contribution is 7.71. The SMILES string of the molecule is Cc1ccc(-n2cn[nH]c2=S)cc1C. The molecule has 0 atom stereocenters. The van der Waals surface area contributed by atoms with E-state index in [4.69, 9.17) is 12.2 Å². The molecule has 4 heteroatoms. The van der Waals surface area contributed by atoms with Gasteiger partial charge in [-0.1, -0.05) is 6.07 Å². The zero-order chi connectivity index (χ0) is 10.1. The number of rotatable bonds is 1. The first-order chi connectivity index (χ1) is 6.68. The smallest absolute Gasteiger partial charge is 0.199 e. The Hall–Kier alpha value is -1.42. The number of aromatic amines is 1. The van der Waals surface area contributed by atoms with Crippen LogP contribution in [0, 0.1) is 18.6 Å². The van der Waals surface area contributed by atoms with E-state index in [2.05, 4.69) is 36.2 Å². The number of aryl methyl sites for hydroxylation is 2. The third-order valence-corrected chi connectivity index (χ3v) is 2.61. The van der Waals surface area contributed by atoms with Crippen LogP contribution in [0.25, 0.3) is 5.69 Å². The third kappa shape index (κ3) is 1.48. The van der Waals surface area contributed by atoms with Gasteiger partial charge in [-0.3, -0.25) is 9.67 Å². The van der Waals surface area contributed by atoms with Crippen molar-refractivity contribution in [2.45, 2.75) is 13.8 Å². The van der Waals surface area contributed by atoms with Gasteiger partial charge in [0.2, 0.25) is 0 Å². The largest absolute Gasteiger partial charge is 0.275 e. The number of hydrogen-bond acceptors (Lipinski definition) is 2. The van der Waals surface area contributed by atoms with Crippen molar-refractivity contribution in [3.63, 3.8) is 0 Å². The van der Waals surface area contributed by atoms with E-state index in [1.54, 1.807) is 6.33 Å². The van der Waals surface area contributed by atoms with Gasteiger partial charge >= 0.3 is 0 Å². The summed E-state index contributed by atoms with van der Waals surface area (Å²) in [5, 5.41) is 6.61. The van der Waals surface area contributed by atoms with Crippen LogP contribution in [0.15, 0.2) is 24.5 Å². The van der Waals surface area contributed by atoms with Crippen molar-refractivity contribution in [1.29, 1.82) is 0 Å². The molecule has 14 heavy (non-hydrogen) atoms. The summed E-state index contributed by atoms with van der Waals surface area (Å²) in [7, 11) is 0. The Bertz CT molecular complexity index is 510. The number of nitrogens with one attached hydrogen (secondary N) is 1. The van der Waals surface area contributed by atoms with Gasteiger partial charge in [-0.15, -0.1) is 0 Å². The summed E-state index contributed by atoms with van der Waals surface area (Å²) < 4.78 is 2.47. The van der Waals surface area contributed by atoms with Crippen molar-refractivity contribution in [3.05, 3.63) is 40.4 Å². The van der Waals surface area contributed by atoms with Crippen LogP contribution in [0.5, 0.6) is 0 Å². The van der Waals surface area contributed by atoms with E-state index in [1.165, 1.54) is 11.1 Å². The summed E-state index contributed by atoms with van der Waals surface area (Å²) in [5.41, 5.74) is 3.58. The van der Waals surface area contributed by atoms with Crippen LogP contribution in [-0.4, -0.2) is 14.8 Å². The Labute approximate surface area is 87.4 Å². The van der Waals surface area contributed by atoms with Gasteiger partial charge in [0.15, 0.2) is 4.77 Å². The van der Waals surface area contributed by atoms with Gasteiger partial charge in [0.05, 0.1) is 0 Å². The van der Waals surface area contributed by atoms with Crippen LogP contribution in [0.2, 0.25) is 0 Å². The van der Waals surface area contributed by atoms with E-state index in [0.29, 0.717) is 4.77 Å². The van der Waals surface area contributed by atoms with Crippen molar-refractivity contribution in [1.82, 2.24) is 14.8 Å². The second-order valence-electron chi connectivity index (χ2n) is 3.30. The lowest BCUT2D eigenvalue weighted by Gasteiger charge is -2.04. The maximum absolute atomic E-state index is 5.09. The molecule has 1 heterocycles. The molecule has 0 amide bonds. The molecule has 0 unspecified atom stereocenters. The maximum atomic E-state index is 5.09. The van der Waals surface area contributed by atoms with E-state index in [1.807, 2.05) is 10.6 Å². The van der Waals surface area contributed by atoms with Gasteiger partial charge in [0.1, 0.15) is 6.33 Å². The Balaban J connectivity index is 2.59. The minimum atomic E-state index is 0.619. The first kappa shape index (κ1) is 9.15. The van der Waals surface area contributed by atoms with E-state index in [0.717, 1.165) is 5.69 Å². The molecule has 1 N–H and O–H groups in total. The number of aromatic nitrogens is 3. The van der Waals surface area contributed by atoms with Crippen molar-refractivity contribution >= 4 is 12.2 Å². The Morgan fingerprint density at radius 2 is 2.07 bits per heavy atom. The molecule has 3 nitrogen and oxygen atoms in total.